The predicted molar refractivity (Wildman–Crippen MR) is 73.1 cm³/mol. The van der Waals surface area contributed by atoms with Gasteiger partial charge in [0.05, 0.1) is 5.92 Å². The van der Waals surface area contributed by atoms with E-state index >= 15 is 0 Å². The van der Waals surface area contributed by atoms with Gasteiger partial charge in [-0.05, 0) is 38.4 Å². The zero-order chi connectivity index (χ0) is 13.5. The first kappa shape index (κ1) is 13.9. The van der Waals surface area contributed by atoms with E-state index in [9.17, 15) is 4.79 Å². The third-order valence-electron chi connectivity index (χ3n) is 3.30. The lowest BCUT2D eigenvalue weighted by atomic mass is 9.93. The molecule has 0 bridgehead atoms. The van der Waals surface area contributed by atoms with Crippen molar-refractivity contribution in [2.45, 2.75) is 25.8 Å². The molecular formula is C15H21NO3. The number of rotatable bonds is 5. The number of hydrogen-bond donors (Lipinski definition) is 1. The maximum Gasteiger partial charge on any atom is 0.309 e. The van der Waals surface area contributed by atoms with E-state index in [4.69, 9.17) is 9.47 Å². The molecule has 0 saturated carbocycles. The summed E-state index contributed by atoms with van der Waals surface area (Å²) in [5, 5.41) is 3.32. The molecule has 1 aromatic carbocycles. The van der Waals surface area contributed by atoms with Crippen LogP contribution in [0.1, 0.15) is 19.8 Å². The first-order valence-electron chi connectivity index (χ1n) is 6.83. The molecule has 1 saturated heterocycles. The largest absolute Gasteiger partial charge is 0.490 e. The molecule has 0 amide bonds. The van der Waals surface area contributed by atoms with Crippen LogP contribution in [0.4, 0.5) is 0 Å². The molecule has 1 heterocycles. The van der Waals surface area contributed by atoms with Gasteiger partial charge in [-0.3, -0.25) is 4.79 Å². The topological polar surface area (TPSA) is 47.6 Å². The molecule has 0 spiro atoms. The summed E-state index contributed by atoms with van der Waals surface area (Å²) in [5.41, 5.74) is 0. The van der Waals surface area contributed by atoms with E-state index < -0.39 is 0 Å². The molecule has 2 atom stereocenters. The van der Waals surface area contributed by atoms with Gasteiger partial charge in [0.15, 0.2) is 0 Å². The highest BCUT2D eigenvalue weighted by Gasteiger charge is 2.25. The molecule has 4 heteroatoms. The van der Waals surface area contributed by atoms with Crippen LogP contribution in [0.5, 0.6) is 5.75 Å². The summed E-state index contributed by atoms with van der Waals surface area (Å²) in [5.74, 6) is 0.743. The third kappa shape index (κ3) is 4.56. The summed E-state index contributed by atoms with van der Waals surface area (Å²) in [6, 6.07) is 9.93. The highest BCUT2D eigenvalue weighted by Crippen LogP contribution is 2.17. The average Bonchev–Trinajstić information content (AvgIpc) is 2.44. The molecule has 1 aliphatic rings. The fourth-order valence-electron chi connectivity index (χ4n) is 2.28. The molecule has 2 rings (SSSR count). The summed E-state index contributed by atoms with van der Waals surface area (Å²) in [4.78, 5) is 11.8. The molecule has 2 unspecified atom stereocenters. The maximum atomic E-state index is 11.8. The van der Waals surface area contributed by atoms with E-state index in [-0.39, 0.29) is 11.9 Å². The lowest BCUT2D eigenvalue weighted by Gasteiger charge is -2.26. The maximum absolute atomic E-state index is 11.8. The number of piperidine rings is 1. The molecule has 19 heavy (non-hydrogen) atoms. The lowest BCUT2D eigenvalue weighted by Crippen LogP contribution is -2.39. The SMILES string of the molecule is CC1CC(C(=O)OCCOc2ccccc2)CCN1. The van der Waals surface area contributed by atoms with E-state index in [0.717, 1.165) is 25.1 Å². The Kier molecular flexibility index (Phi) is 5.21. The summed E-state index contributed by atoms with van der Waals surface area (Å²) >= 11 is 0. The zero-order valence-electron chi connectivity index (χ0n) is 11.3. The lowest BCUT2D eigenvalue weighted by molar-refractivity contribution is -0.150. The van der Waals surface area contributed by atoms with Gasteiger partial charge in [-0.2, -0.15) is 0 Å². The Morgan fingerprint density at radius 1 is 1.32 bits per heavy atom. The summed E-state index contributed by atoms with van der Waals surface area (Å²) < 4.78 is 10.7. The Morgan fingerprint density at radius 3 is 2.84 bits per heavy atom. The number of carbonyl (C=O) groups excluding carboxylic acids is 1. The first-order chi connectivity index (χ1) is 9.25. The van der Waals surface area contributed by atoms with Crippen LogP contribution in [-0.2, 0) is 9.53 Å². The summed E-state index contributed by atoms with van der Waals surface area (Å²) in [6.45, 7) is 3.70. The van der Waals surface area contributed by atoms with E-state index in [1.807, 2.05) is 30.3 Å². The van der Waals surface area contributed by atoms with E-state index in [0.29, 0.717) is 19.3 Å². The monoisotopic (exact) mass is 263 g/mol. The predicted octanol–water partition coefficient (Wildman–Crippen LogP) is 2.00. The van der Waals surface area contributed by atoms with Gasteiger partial charge in [-0.15, -0.1) is 0 Å². The molecular weight excluding hydrogens is 242 g/mol. The van der Waals surface area contributed by atoms with Gasteiger partial charge in [0.25, 0.3) is 0 Å². The molecule has 0 aliphatic carbocycles. The van der Waals surface area contributed by atoms with Crippen LogP contribution in [0.2, 0.25) is 0 Å². The number of ether oxygens (including phenoxy) is 2. The quantitative estimate of drug-likeness (QED) is 0.652. The molecule has 1 N–H and O–H groups in total. The van der Waals surface area contributed by atoms with E-state index in [2.05, 4.69) is 12.2 Å². The second-order valence-electron chi connectivity index (χ2n) is 4.91. The van der Waals surface area contributed by atoms with E-state index in [1.165, 1.54) is 0 Å². The van der Waals surface area contributed by atoms with Crippen molar-refractivity contribution in [3.63, 3.8) is 0 Å². The third-order valence-corrected chi connectivity index (χ3v) is 3.30. The Balaban J connectivity index is 1.64. The van der Waals surface area contributed by atoms with Gasteiger partial charge in [0, 0.05) is 6.04 Å². The fourth-order valence-corrected chi connectivity index (χ4v) is 2.28. The number of nitrogens with one attached hydrogen (secondary N) is 1. The number of hydrogen-bond acceptors (Lipinski definition) is 4. The van der Waals surface area contributed by atoms with Crippen molar-refractivity contribution in [1.82, 2.24) is 5.32 Å². The fraction of sp³-hybridized carbons (Fsp3) is 0.533. The minimum absolute atomic E-state index is 0.0352. The smallest absolute Gasteiger partial charge is 0.309 e. The average molecular weight is 263 g/mol. The number of carbonyl (C=O) groups is 1. The molecule has 1 aromatic rings. The first-order valence-corrected chi connectivity index (χ1v) is 6.83. The van der Waals surface area contributed by atoms with Gasteiger partial charge in [0.1, 0.15) is 19.0 Å². The molecule has 0 radical (unpaired) electrons. The Hall–Kier alpha value is -1.55. The zero-order valence-corrected chi connectivity index (χ0v) is 11.3. The normalized spacial score (nSPS) is 22.8. The highest BCUT2D eigenvalue weighted by atomic mass is 16.6. The number of esters is 1. The van der Waals surface area contributed by atoms with Crippen LogP contribution >= 0.6 is 0 Å². The Bertz CT molecular complexity index is 394. The van der Waals surface area contributed by atoms with Crippen molar-refractivity contribution in [1.29, 1.82) is 0 Å². The number of para-hydroxylation sites is 1. The minimum atomic E-state index is -0.0926. The molecule has 1 fully saturated rings. The van der Waals surface area contributed by atoms with Gasteiger partial charge in [0.2, 0.25) is 0 Å². The van der Waals surface area contributed by atoms with Crippen molar-refractivity contribution in [2.75, 3.05) is 19.8 Å². The Labute approximate surface area is 114 Å². The van der Waals surface area contributed by atoms with Crippen LogP contribution in [-0.4, -0.2) is 31.8 Å². The van der Waals surface area contributed by atoms with Gasteiger partial charge < -0.3 is 14.8 Å². The van der Waals surface area contributed by atoms with Gasteiger partial charge in [-0.25, -0.2) is 0 Å². The van der Waals surface area contributed by atoms with Gasteiger partial charge in [-0.1, -0.05) is 18.2 Å². The van der Waals surface area contributed by atoms with Gasteiger partial charge >= 0.3 is 5.97 Å². The summed E-state index contributed by atoms with van der Waals surface area (Å²) in [7, 11) is 0. The second kappa shape index (κ2) is 7.14. The second-order valence-corrected chi connectivity index (χ2v) is 4.91. The van der Waals surface area contributed by atoms with Crippen LogP contribution < -0.4 is 10.1 Å². The highest BCUT2D eigenvalue weighted by molar-refractivity contribution is 5.72. The van der Waals surface area contributed by atoms with Crippen molar-refractivity contribution in [3.05, 3.63) is 30.3 Å². The van der Waals surface area contributed by atoms with Crippen LogP contribution in [0.3, 0.4) is 0 Å². The minimum Gasteiger partial charge on any atom is -0.490 e. The van der Waals surface area contributed by atoms with Crippen LogP contribution in [0.25, 0.3) is 0 Å². The van der Waals surface area contributed by atoms with Crippen molar-refractivity contribution in [3.8, 4) is 5.75 Å². The standard InChI is InChI=1S/C15H21NO3/c1-12-11-13(7-8-16-12)15(17)19-10-9-18-14-5-3-2-4-6-14/h2-6,12-13,16H,7-11H2,1H3. The van der Waals surface area contributed by atoms with Crippen molar-refractivity contribution in [2.24, 2.45) is 5.92 Å². The van der Waals surface area contributed by atoms with Crippen LogP contribution in [0, 0.1) is 5.92 Å². The molecule has 0 aromatic heterocycles. The van der Waals surface area contributed by atoms with Crippen molar-refractivity contribution < 1.29 is 14.3 Å². The van der Waals surface area contributed by atoms with Crippen LogP contribution in [0.15, 0.2) is 30.3 Å². The molecule has 1 aliphatic heterocycles. The Morgan fingerprint density at radius 2 is 2.11 bits per heavy atom. The number of benzene rings is 1. The van der Waals surface area contributed by atoms with Crippen molar-refractivity contribution >= 4 is 5.97 Å². The molecule has 4 nitrogen and oxygen atoms in total. The summed E-state index contributed by atoms with van der Waals surface area (Å²) in [6.07, 6.45) is 1.72. The molecule has 104 valence electrons. The van der Waals surface area contributed by atoms with E-state index in [1.54, 1.807) is 0 Å².